The zero-order valence-corrected chi connectivity index (χ0v) is 11.7. The molecule has 2 aromatic heterocycles. The van der Waals surface area contributed by atoms with E-state index in [-0.39, 0.29) is 5.91 Å². The highest BCUT2D eigenvalue weighted by Gasteiger charge is 2.23. The number of carbonyl (C=O) groups excluding carboxylic acids is 1. The SMILES string of the molecule is O=C(Cc1cccs1)N1CCC(n2cccc2)CC1. The summed E-state index contributed by atoms with van der Waals surface area (Å²) >= 11 is 1.66. The molecule has 2 aromatic rings. The molecule has 0 saturated carbocycles. The molecule has 1 fully saturated rings. The molecule has 0 N–H and O–H groups in total. The molecule has 100 valence electrons. The van der Waals surface area contributed by atoms with Crippen molar-refractivity contribution in [3.05, 3.63) is 46.9 Å². The number of hydrogen-bond acceptors (Lipinski definition) is 2. The van der Waals surface area contributed by atoms with Gasteiger partial charge in [-0.3, -0.25) is 4.79 Å². The summed E-state index contributed by atoms with van der Waals surface area (Å²) in [5.41, 5.74) is 0. The van der Waals surface area contributed by atoms with Crippen LogP contribution in [0.4, 0.5) is 0 Å². The Morgan fingerprint density at radius 2 is 1.95 bits per heavy atom. The fourth-order valence-electron chi connectivity index (χ4n) is 2.68. The number of carbonyl (C=O) groups is 1. The monoisotopic (exact) mass is 274 g/mol. The van der Waals surface area contributed by atoms with Crippen LogP contribution in [0, 0.1) is 0 Å². The Hall–Kier alpha value is -1.55. The van der Waals surface area contributed by atoms with E-state index < -0.39 is 0 Å². The lowest BCUT2D eigenvalue weighted by Gasteiger charge is -2.32. The molecule has 0 aromatic carbocycles. The van der Waals surface area contributed by atoms with Gasteiger partial charge in [0.15, 0.2) is 0 Å². The molecular weight excluding hydrogens is 256 g/mol. The molecule has 1 aliphatic heterocycles. The maximum absolute atomic E-state index is 12.2. The average Bonchev–Trinajstić information content (AvgIpc) is 3.12. The molecule has 19 heavy (non-hydrogen) atoms. The smallest absolute Gasteiger partial charge is 0.227 e. The van der Waals surface area contributed by atoms with E-state index in [1.54, 1.807) is 11.3 Å². The fraction of sp³-hybridized carbons (Fsp3) is 0.400. The maximum atomic E-state index is 12.2. The van der Waals surface area contributed by atoms with Gasteiger partial charge in [0, 0.05) is 36.4 Å². The van der Waals surface area contributed by atoms with Crippen molar-refractivity contribution in [1.82, 2.24) is 9.47 Å². The summed E-state index contributed by atoms with van der Waals surface area (Å²) in [4.78, 5) is 15.4. The number of rotatable bonds is 3. The Morgan fingerprint density at radius 1 is 1.21 bits per heavy atom. The highest BCUT2D eigenvalue weighted by Crippen LogP contribution is 2.23. The van der Waals surface area contributed by atoms with E-state index >= 15 is 0 Å². The number of piperidine rings is 1. The van der Waals surface area contributed by atoms with Crippen LogP contribution in [0.2, 0.25) is 0 Å². The third-order valence-corrected chi connectivity index (χ3v) is 4.65. The normalized spacial score (nSPS) is 16.7. The summed E-state index contributed by atoms with van der Waals surface area (Å²) in [6.45, 7) is 1.76. The van der Waals surface area contributed by atoms with Crippen molar-refractivity contribution in [3.63, 3.8) is 0 Å². The van der Waals surface area contributed by atoms with Crippen molar-refractivity contribution in [1.29, 1.82) is 0 Å². The van der Waals surface area contributed by atoms with E-state index in [0.717, 1.165) is 30.8 Å². The van der Waals surface area contributed by atoms with Gasteiger partial charge in [0.05, 0.1) is 6.42 Å². The quantitative estimate of drug-likeness (QED) is 0.844. The molecule has 0 aliphatic carbocycles. The molecule has 0 bridgehead atoms. The van der Waals surface area contributed by atoms with Crippen LogP contribution < -0.4 is 0 Å². The first-order valence-corrected chi connectivity index (χ1v) is 7.63. The highest BCUT2D eigenvalue weighted by atomic mass is 32.1. The summed E-state index contributed by atoms with van der Waals surface area (Å²) in [5.74, 6) is 0.272. The first-order valence-electron chi connectivity index (χ1n) is 6.75. The van der Waals surface area contributed by atoms with Crippen molar-refractivity contribution in [2.24, 2.45) is 0 Å². The van der Waals surface area contributed by atoms with Gasteiger partial charge in [0.2, 0.25) is 5.91 Å². The van der Waals surface area contributed by atoms with Crippen LogP contribution in [0.5, 0.6) is 0 Å². The number of hydrogen-bond donors (Lipinski definition) is 0. The molecule has 0 unspecified atom stereocenters. The Balaban J connectivity index is 1.54. The summed E-state index contributed by atoms with van der Waals surface area (Å²) in [7, 11) is 0. The Labute approximate surface area is 117 Å². The molecule has 1 amide bonds. The summed E-state index contributed by atoms with van der Waals surface area (Å²) in [6, 6.07) is 8.73. The first-order chi connectivity index (χ1) is 9.33. The number of amides is 1. The van der Waals surface area contributed by atoms with Gasteiger partial charge in [-0.15, -0.1) is 11.3 Å². The standard InChI is InChI=1S/C15H18N2OS/c18-15(12-14-4-3-11-19-14)17-9-5-13(6-10-17)16-7-1-2-8-16/h1-4,7-8,11,13H,5-6,9-10,12H2. The van der Waals surface area contributed by atoms with E-state index in [1.165, 1.54) is 0 Å². The molecule has 3 heterocycles. The minimum Gasteiger partial charge on any atom is -0.351 e. The molecule has 4 heteroatoms. The predicted octanol–water partition coefficient (Wildman–Crippen LogP) is 2.96. The van der Waals surface area contributed by atoms with E-state index in [9.17, 15) is 4.79 Å². The minimum atomic E-state index is 0.272. The van der Waals surface area contributed by atoms with Crippen LogP contribution in [0.25, 0.3) is 0 Å². The van der Waals surface area contributed by atoms with E-state index in [2.05, 4.69) is 29.1 Å². The van der Waals surface area contributed by atoms with Gasteiger partial charge in [-0.1, -0.05) is 6.07 Å². The van der Waals surface area contributed by atoms with Gasteiger partial charge in [0.25, 0.3) is 0 Å². The van der Waals surface area contributed by atoms with Gasteiger partial charge in [-0.05, 0) is 36.4 Å². The Morgan fingerprint density at radius 3 is 2.58 bits per heavy atom. The largest absolute Gasteiger partial charge is 0.351 e. The van der Waals surface area contributed by atoms with Gasteiger partial charge in [-0.2, -0.15) is 0 Å². The molecule has 0 atom stereocenters. The molecule has 1 aliphatic rings. The molecular formula is C15H18N2OS. The van der Waals surface area contributed by atoms with Crippen LogP contribution in [0.15, 0.2) is 42.0 Å². The van der Waals surface area contributed by atoms with Crippen molar-refractivity contribution in [2.75, 3.05) is 13.1 Å². The lowest BCUT2D eigenvalue weighted by atomic mass is 10.0. The lowest BCUT2D eigenvalue weighted by Crippen LogP contribution is -2.39. The van der Waals surface area contributed by atoms with E-state index in [1.807, 2.05) is 22.4 Å². The van der Waals surface area contributed by atoms with Crippen LogP contribution in [-0.4, -0.2) is 28.5 Å². The van der Waals surface area contributed by atoms with Gasteiger partial charge in [0.1, 0.15) is 0 Å². The van der Waals surface area contributed by atoms with E-state index in [4.69, 9.17) is 0 Å². The maximum Gasteiger partial charge on any atom is 0.227 e. The first kappa shape index (κ1) is 12.5. The molecule has 0 spiro atoms. The topological polar surface area (TPSA) is 25.2 Å². The van der Waals surface area contributed by atoms with Crippen LogP contribution in [0.1, 0.15) is 23.8 Å². The zero-order chi connectivity index (χ0) is 13.1. The van der Waals surface area contributed by atoms with Crippen molar-refractivity contribution in [3.8, 4) is 0 Å². The second kappa shape index (κ2) is 5.61. The van der Waals surface area contributed by atoms with Crippen LogP contribution in [-0.2, 0) is 11.2 Å². The lowest BCUT2D eigenvalue weighted by molar-refractivity contribution is -0.131. The van der Waals surface area contributed by atoms with E-state index in [0.29, 0.717) is 12.5 Å². The molecule has 0 radical (unpaired) electrons. The van der Waals surface area contributed by atoms with Crippen LogP contribution in [0.3, 0.4) is 0 Å². The molecule has 3 nitrogen and oxygen atoms in total. The summed E-state index contributed by atoms with van der Waals surface area (Å²) in [6.07, 6.45) is 6.92. The Kier molecular flexibility index (Phi) is 3.69. The van der Waals surface area contributed by atoms with Crippen molar-refractivity contribution in [2.45, 2.75) is 25.3 Å². The fourth-order valence-corrected chi connectivity index (χ4v) is 3.37. The number of likely N-dealkylation sites (tertiary alicyclic amines) is 1. The number of thiophene rings is 1. The molecule has 1 saturated heterocycles. The zero-order valence-electron chi connectivity index (χ0n) is 10.9. The average molecular weight is 274 g/mol. The van der Waals surface area contributed by atoms with Crippen molar-refractivity contribution < 1.29 is 4.79 Å². The van der Waals surface area contributed by atoms with Gasteiger partial charge in [-0.25, -0.2) is 0 Å². The van der Waals surface area contributed by atoms with Gasteiger partial charge >= 0.3 is 0 Å². The highest BCUT2D eigenvalue weighted by molar-refractivity contribution is 7.10. The predicted molar refractivity (Wildman–Crippen MR) is 77.3 cm³/mol. The summed E-state index contributed by atoms with van der Waals surface area (Å²) < 4.78 is 2.26. The second-order valence-electron chi connectivity index (χ2n) is 5.00. The Bertz CT molecular complexity index is 510. The molecule has 3 rings (SSSR count). The minimum absolute atomic E-state index is 0.272. The van der Waals surface area contributed by atoms with Gasteiger partial charge < -0.3 is 9.47 Å². The summed E-state index contributed by atoms with van der Waals surface area (Å²) in [5, 5.41) is 2.03. The number of nitrogens with zero attached hydrogens (tertiary/aromatic N) is 2. The number of aromatic nitrogens is 1. The third-order valence-electron chi connectivity index (χ3n) is 3.77. The van der Waals surface area contributed by atoms with Crippen LogP contribution >= 0.6 is 11.3 Å². The van der Waals surface area contributed by atoms with Crippen molar-refractivity contribution >= 4 is 17.2 Å². The third kappa shape index (κ3) is 2.89. The second-order valence-corrected chi connectivity index (χ2v) is 6.03.